The van der Waals surface area contributed by atoms with E-state index < -0.39 is 12.1 Å². The van der Waals surface area contributed by atoms with Gasteiger partial charge in [0.15, 0.2) is 0 Å². The molecule has 1 saturated carbocycles. The van der Waals surface area contributed by atoms with Crippen LogP contribution in [0.25, 0.3) is 0 Å². The van der Waals surface area contributed by atoms with Gasteiger partial charge in [-0.1, -0.05) is 6.42 Å². The van der Waals surface area contributed by atoms with Crippen molar-refractivity contribution in [3.8, 4) is 0 Å². The molecule has 21 heavy (non-hydrogen) atoms. The molecular weight excluding hydrogens is 305 g/mol. The van der Waals surface area contributed by atoms with E-state index in [-0.39, 0.29) is 43.1 Å². The smallest absolute Gasteiger partial charge is 0.353 e. The molecular formula is C14H24ClF3N2O. The Bertz CT molecular complexity index is 352. The molecule has 0 aromatic heterocycles. The summed E-state index contributed by atoms with van der Waals surface area (Å²) in [6.07, 6.45) is -1.16. The van der Waals surface area contributed by atoms with E-state index in [9.17, 15) is 18.0 Å². The number of halogens is 4. The highest BCUT2D eigenvalue weighted by Crippen LogP contribution is 2.37. The third kappa shape index (κ3) is 5.33. The van der Waals surface area contributed by atoms with Crippen LogP contribution in [-0.4, -0.2) is 30.7 Å². The molecule has 1 amide bonds. The maximum atomic E-state index is 12.7. The summed E-state index contributed by atoms with van der Waals surface area (Å²) in [5.74, 6) is -1.38. The molecule has 0 radical (unpaired) electrons. The molecule has 0 bridgehead atoms. The van der Waals surface area contributed by atoms with Gasteiger partial charge >= 0.3 is 6.18 Å². The summed E-state index contributed by atoms with van der Waals surface area (Å²) in [4.78, 5) is 12.1. The van der Waals surface area contributed by atoms with Gasteiger partial charge in [-0.25, -0.2) is 0 Å². The van der Waals surface area contributed by atoms with Crippen LogP contribution >= 0.6 is 12.4 Å². The van der Waals surface area contributed by atoms with Crippen molar-refractivity contribution in [1.29, 1.82) is 0 Å². The van der Waals surface area contributed by atoms with E-state index in [0.29, 0.717) is 18.9 Å². The number of carbonyl (C=O) groups is 1. The minimum atomic E-state index is -4.13. The van der Waals surface area contributed by atoms with Gasteiger partial charge in [-0.05, 0) is 45.6 Å². The summed E-state index contributed by atoms with van der Waals surface area (Å²) >= 11 is 0. The molecule has 4 atom stereocenters. The van der Waals surface area contributed by atoms with Gasteiger partial charge in [-0.15, -0.1) is 12.4 Å². The fraction of sp³-hybridized carbons (Fsp3) is 0.929. The topological polar surface area (TPSA) is 41.1 Å². The van der Waals surface area contributed by atoms with Gasteiger partial charge in [-0.2, -0.15) is 13.2 Å². The lowest BCUT2D eigenvalue weighted by Crippen LogP contribution is -2.47. The second-order valence-electron chi connectivity index (χ2n) is 6.19. The van der Waals surface area contributed by atoms with E-state index in [2.05, 4.69) is 10.6 Å². The van der Waals surface area contributed by atoms with Gasteiger partial charge in [0.1, 0.15) is 0 Å². The number of nitrogens with one attached hydrogen (secondary N) is 2. The number of hydrogen-bond donors (Lipinski definition) is 2. The second kappa shape index (κ2) is 7.68. The monoisotopic (exact) mass is 328 g/mol. The molecule has 7 heteroatoms. The van der Waals surface area contributed by atoms with Crippen LogP contribution in [0.5, 0.6) is 0 Å². The lowest BCUT2D eigenvalue weighted by atomic mass is 9.84. The van der Waals surface area contributed by atoms with E-state index in [4.69, 9.17) is 0 Å². The summed E-state index contributed by atoms with van der Waals surface area (Å²) in [7, 11) is 0. The molecule has 2 fully saturated rings. The van der Waals surface area contributed by atoms with Crippen molar-refractivity contribution in [3.63, 3.8) is 0 Å². The Morgan fingerprint density at radius 3 is 2.52 bits per heavy atom. The first-order chi connectivity index (χ1) is 9.36. The average molecular weight is 329 g/mol. The summed E-state index contributed by atoms with van der Waals surface area (Å²) < 4.78 is 38.2. The van der Waals surface area contributed by atoms with Crippen molar-refractivity contribution in [2.45, 2.75) is 63.7 Å². The zero-order valence-electron chi connectivity index (χ0n) is 12.2. The van der Waals surface area contributed by atoms with Crippen LogP contribution in [0, 0.1) is 11.8 Å². The van der Waals surface area contributed by atoms with Crippen molar-refractivity contribution in [1.82, 2.24) is 10.6 Å². The van der Waals surface area contributed by atoms with Crippen LogP contribution in [0.3, 0.4) is 0 Å². The van der Waals surface area contributed by atoms with Gasteiger partial charge in [-0.3, -0.25) is 4.79 Å². The van der Waals surface area contributed by atoms with Crippen molar-refractivity contribution >= 4 is 18.3 Å². The summed E-state index contributed by atoms with van der Waals surface area (Å²) in [5.41, 5.74) is 0. The number of piperidine rings is 1. The Kier molecular flexibility index (Phi) is 6.78. The average Bonchev–Trinajstić information content (AvgIpc) is 2.38. The molecule has 0 spiro atoms. The highest BCUT2D eigenvalue weighted by Gasteiger charge is 2.42. The molecule has 0 aromatic rings. The highest BCUT2D eigenvalue weighted by atomic mass is 35.5. The summed E-state index contributed by atoms with van der Waals surface area (Å²) in [6, 6.07) is -0.0122. The summed E-state index contributed by atoms with van der Waals surface area (Å²) in [6.45, 7) is 2.83. The first-order valence-corrected chi connectivity index (χ1v) is 7.46. The van der Waals surface area contributed by atoms with E-state index in [0.717, 1.165) is 19.4 Å². The van der Waals surface area contributed by atoms with E-state index in [1.54, 1.807) is 0 Å². The van der Waals surface area contributed by atoms with Crippen molar-refractivity contribution in [2.75, 3.05) is 6.54 Å². The van der Waals surface area contributed by atoms with E-state index in [1.165, 1.54) is 0 Å². The van der Waals surface area contributed by atoms with E-state index >= 15 is 0 Å². The largest absolute Gasteiger partial charge is 0.391 e. The maximum Gasteiger partial charge on any atom is 0.391 e. The standard InChI is InChI=1S/C14H23F3N2O.ClH/c1-9-7-10(5-6-18-9)13(20)19-12-4-2-3-11(8-12)14(15,16)17;/h9-12,18H,2-8H2,1H3,(H,19,20);1H/t9-,10-,11?,12?;/m0./s1. The zero-order valence-corrected chi connectivity index (χ0v) is 13.0. The van der Waals surface area contributed by atoms with Crippen LogP contribution in [0.2, 0.25) is 0 Å². The van der Waals surface area contributed by atoms with Crippen molar-refractivity contribution in [3.05, 3.63) is 0 Å². The van der Waals surface area contributed by atoms with Crippen molar-refractivity contribution in [2.24, 2.45) is 11.8 Å². The van der Waals surface area contributed by atoms with Crippen LogP contribution in [0.1, 0.15) is 45.4 Å². The normalized spacial score (nSPS) is 33.9. The van der Waals surface area contributed by atoms with Gasteiger partial charge in [0.25, 0.3) is 0 Å². The lowest BCUT2D eigenvalue weighted by Gasteiger charge is -2.33. The molecule has 0 aromatic carbocycles. The van der Waals surface area contributed by atoms with Crippen LogP contribution < -0.4 is 10.6 Å². The molecule has 1 aliphatic carbocycles. The third-order valence-electron chi connectivity index (χ3n) is 4.48. The molecule has 2 unspecified atom stereocenters. The SMILES string of the molecule is C[C@H]1C[C@@H](C(=O)NC2CCCC(C(F)(F)F)C2)CCN1.Cl. The van der Waals surface area contributed by atoms with Crippen molar-refractivity contribution < 1.29 is 18.0 Å². The molecule has 1 saturated heterocycles. The molecule has 1 aliphatic heterocycles. The molecule has 2 N–H and O–H groups in total. The third-order valence-corrected chi connectivity index (χ3v) is 4.48. The Morgan fingerprint density at radius 2 is 1.90 bits per heavy atom. The predicted molar refractivity (Wildman–Crippen MR) is 77.4 cm³/mol. The second-order valence-corrected chi connectivity index (χ2v) is 6.19. The highest BCUT2D eigenvalue weighted by molar-refractivity contribution is 5.85. The Morgan fingerprint density at radius 1 is 1.19 bits per heavy atom. The van der Waals surface area contributed by atoms with Gasteiger partial charge in [0.2, 0.25) is 5.91 Å². The number of amides is 1. The molecule has 2 rings (SSSR count). The minimum absolute atomic E-state index is 0. The van der Waals surface area contributed by atoms with Crippen LogP contribution in [-0.2, 0) is 4.79 Å². The number of hydrogen-bond acceptors (Lipinski definition) is 2. The Labute approximate surface area is 129 Å². The first kappa shape index (κ1) is 18.6. The minimum Gasteiger partial charge on any atom is -0.353 e. The van der Waals surface area contributed by atoms with Gasteiger partial charge < -0.3 is 10.6 Å². The fourth-order valence-electron chi connectivity index (χ4n) is 3.31. The van der Waals surface area contributed by atoms with Crippen LogP contribution in [0.15, 0.2) is 0 Å². The van der Waals surface area contributed by atoms with E-state index in [1.807, 2.05) is 6.92 Å². The number of rotatable bonds is 2. The van der Waals surface area contributed by atoms with Crippen LogP contribution in [0.4, 0.5) is 13.2 Å². The lowest BCUT2D eigenvalue weighted by molar-refractivity contribution is -0.184. The quantitative estimate of drug-likeness (QED) is 0.818. The maximum absolute atomic E-state index is 12.7. The molecule has 124 valence electrons. The zero-order chi connectivity index (χ0) is 14.8. The fourth-order valence-corrected chi connectivity index (χ4v) is 3.31. The molecule has 3 nitrogen and oxygen atoms in total. The summed E-state index contributed by atoms with van der Waals surface area (Å²) in [5, 5.41) is 6.11. The predicted octanol–water partition coefficient (Wildman–Crippen LogP) is 3.03. The van der Waals surface area contributed by atoms with Gasteiger partial charge in [0.05, 0.1) is 5.92 Å². The van der Waals surface area contributed by atoms with Gasteiger partial charge in [0, 0.05) is 18.0 Å². The Hall–Kier alpha value is -0.490. The molecule has 2 aliphatic rings. The number of alkyl halides is 3. The first-order valence-electron chi connectivity index (χ1n) is 7.46. The number of carbonyl (C=O) groups excluding carboxylic acids is 1. The molecule has 1 heterocycles. The Balaban J connectivity index is 0.00000220.